The van der Waals surface area contributed by atoms with Gasteiger partial charge in [0, 0.05) is 11.1 Å². The van der Waals surface area contributed by atoms with Gasteiger partial charge in [-0.3, -0.25) is 9.36 Å². The number of allylic oxidation sites excluding steroid dienone is 1. The predicted molar refractivity (Wildman–Crippen MR) is 127 cm³/mol. The fourth-order valence-corrected chi connectivity index (χ4v) is 5.74. The van der Waals surface area contributed by atoms with Gasteiger partial charge in [-0.05, 0) is 53.8 Å². The van der Waals surface area contributed by atoms with Crippen LogP contribution in [-0.2, 0) is 6.42 Å². The van der Waals surface area contributed by atoms with E-state index in [4.69, 9.17) is 4.99 Å². The Morgan fingerprint density at radius 1 is 1.03 bits per heavy atom. The third kappa shape index (κ3) is 3.26. The van der Waals surface area contributed by atoms with E-state index in [1.807, 2.05) is 24.3 Å². The van der Waals surface area contributed by atoms with Gasteiger partial charge < -0.3 is 5.11 Å². The lowest BCUT2D eigenvalue weighted by Gasteiger charge is -2.30. The van der Waals surface area contributed by atoms with Crippen LogP contribution in [0.2, 0.25) is 0 Å². The summed E-state index contributed by atoms with van der Waals surface area (Å²) in [5.74, 6) is -0.225. The summed E-state index contributed by atoms with van der Waals surface area (Å²) >= 11 is 1.29. The molecule has 4 nitrogen and oxygen atoms in total. The Bertz CT molecular complexity index is 1630. The number of thiazole rings is 1. The molecule has 0 radical (unpaired) electrons. The van der Waals surface area contributed by atoms with E-state index < -0.39 is 6.04 Å². The molecule has 1 atom stereocenters. The Hall–Kier alpha value is -3.77. The summed E-state index contributed by atoms with van der Waals surface area (Å²) in [7, 11) is 0. The van der Waals surface area contributed by atoms with E-state index in [0.29, 0.717) is 14.9 Å². The second kappa shape index (κ2) is 7.67. The van der Waals surface area contributed by atoms with Crippen LogP contribution in [0.15, 0.2) is 88.2 Å². The molecule has 0 bridgehead atoms. The number of phenolic OH excluding ortho intramolecular Hbond substituents is 1. The number of hydrogen-bond acceptors (Lipinski definition) is 4. The lowest BCUT2D eigenvalue weighted by molar-refractivity contribution is 0.474. The van der Waals surface area contributed by atoms with E-state index in [1.54, 1.807) is 34.9 Å². The third-order valence-electron chi connectivity index (χ3n) is 6.26. The molecule has 4 aromatic rings. The maximum Gasteiger partial charge on any atom is 0.271 e. The van der Waals surface area contributed by atoms with Gasteiger partial charge in [0.1, 0.15) is 11.6 Å². The largest absolute Gasteiger partial charge is 0.507 e. The van der Waals surface area contributed by atoms with E-state index in [0.717, 1.165) is 35.2 Å². The summed E-state index contributed by atoms with van der Waals surface area (Å²) in [6.07, 6.45) is 3.29. The Labute approximate surface area is 192 Å². The van der Waals surface area contributed by atoms with Gasteiger partial charge in [-0.15, -0.1) is 0 Å². The number of para-hydroxylation sites is 1. The number of halogens is 1. The van der Waals surface area contributed by atoms with Gasteiger partial charge in [0.2, 0.25) is 0 Å². The first-order valence-electron chi connectivity index (χ1n) is 10.8. The molecule has 0 saturated carbocycles. The van der Waals surface area contributed by atoms with Gasteiger partial charge in [0.25, 0.3) is 5.56 Å². The molecule has 3 aromatic carbocycles. The van der Waals surface area contributed by atoms with Gasteiger partial charge in [-0.25, -0.2) is 9.38 Å². The van der Waals surface area contributed by atoms with Crippen molar-refractivity contribution in [3.05, 3.63) is 126 Å². The Balaban J connectivity index is 1.65. The van der Waals surface area contributed by atoms with Crippen LogP contribution in [-0.4, -0.2) is 9.67 Å². The van der Waals surface area contributed by atoms with Crippen molar-refractivity contribution in [2.24, 2.45) is 4.99 Å². The molecule has 33 heavy (non-hydrogen) atoms. The highest BCUT2D eigenvalue weighted by Crippen LogP contribution is 2.41. The zero-order chi connectivity index (χ0) is 22.5. The molecule has 1 N–H and O–H groups in total. The van der Waals surface area contributed by atoms with Crippen molar-refractivity contribution in [3.8, 4) is 5.75 Å². The van der Waals surface area contributed by atoms with Crippen LogP contribution >= 0.6 is 11.3 Å². The highest BCUT2D eigenvalue weighted by atomic mass is 32.1. The zero-order valence-corrected chi connectivity index (χ0v) is 18.3. The van der Waals surface area contributed by atoms with Crippen molar-refractivity contribution in [2.75, 3.05) is 0 Å². The summed E-state index contributed by atoms with van der Waals surface area (Å²) in [5, 5.41) is 10.2. The number of aromatic hydroxyl groups is 1. The van der Waals surface area contributed by atoms with Crippen LogP contribution in [0.1, 0.15) is 34.7 Å². The van der Waals surface area contributed by atoms with E-state index in [9.17, 15) is 14.3 Å². The van der Waals surface area contributed by atoms with Gasteiger partial charge in [-0.1, -0.05) is 65.9 Å². The van der Waals surface area contributed by atoms with Crippen molar-refractivity contribution in [1.29, 1.82) is 0 Å². The third-order valence-corrected chi connectivity index (χ3v) is 7.24. The molecule has 1 aliphatic heterocycles. The van der Waals surface area contributed by atoms with E-state index in [2.05, 4.69) is 12.1 Å². The quantitative estimate of drug-likeness (QED) is 0.495. The van der Waals surface area contributed by atoms with E-state index >= 15 is 0 Å². The molecule has 2 heterocycles. The van der Waals surface area contributed by atoms with Gasteiger partial charge in [0.15, 0.2) is 4.80 Å². The molecule has 0 amide bonds. The Morgan fingerprint density at radius 2 is 1.85 bits per heavy atom. The molecule has 6 rings (SSSR count). The van der Waals surface area contributed by atoms with Crippen LogP contribution < -0.4 is 14.9 Å². The number of phenols is 1. The summed E-state index contributed by atoms with van der Waals surface area (Å²) in [4.78, 5) is 19.1. The number of hydrogen-bond donors (Lipinski definition) is 1. The van der Waals surface area contributed by atoms with Crippen LogP contribution in [0, 0.1) is 5.82 Å². The van der Waals surface area contributed by atoms with E-state index in [1.165, 1.54) is 29.0 Å². The molecule has 1 unspecified atom stereocenters. The van der Waals surface area contributed by atoms with Gasteiger partial charge >= 0.3 is 0 Å². The number of nitrogens with zero attached hydrogens (tertiary/aromatic N) is 2. The molecule has 1 aliphatic carbocycles. The molecule has 162 valence electrons. The summed E-state index contributed by atoms with van der Waals surface area (Å²) in [5.41, 5.74) is 5.31. The molecule has 0 spiro atoms. The molecular weight excluding hydrogens is 435 g/mol. The molecular formula is C27H19FN2O2S. The van der Waals surface area contributed by atoms with Crippen molar-refractivity contribution in [3.63, 3.8) is 0 Å². The van der Waals surface area contributed by atoms with Crippen LogP contribution in [0.3, 0.4) is 0 Å². The average Bonchev–Trinajstić information content (AvgIpc) is 3.13. The molecule has 0 fully saturated rings. The van der Waals surface area contributed by atoms with Crippen LogP contribution in [0.4, 0.5) is 4.39 Å². The minimum Gasteiger partial charge on any atom is -0.507 e. The lowest BCUT2D eigenvalue weighted by atomic mass is 9.83. The fraction of sp³-hybridized carbons (Fsp3) is 0.111. The standard InChI is InChI=1S/C27H19FN2O2S/c28-19-9-5-8-18(14-19)25-21-13-12-16-6-1-3-10-20(16)24(21)29-27-30(25)26(32)23(33-27)15-17-7-2-4-11-22(17)31/h1-11,14-15,25,31H,12-13H2. The maximum absolute atomic E-state index is 14.2. The summed E-state index contributed by atoms with van der Waals surface area (Å²) in [6.45, 7) is 0. The minimum atomic E-state index is -0.424. The van der Waals surface area contributed by atoms with E-state index in [-0.39, 0.29) is 17.1 Å². The van der Waals surface area contributed by atoms with Crippen LogP contribution in [0.25, 0.3) is 11.8 Å². The summed E-state index contributed by atoms with van der Waals surface area (Å²) in [6, 6.07) is 21.1. The number of fused-ring (bicyclic) bond motifs is 3. The van der Waals surface area contributed by atoms with Crippen molar-refractivity contribution in [2.45, 2.75) is 18.9 Å². The first-order valence-corrected chi connectivity index (χ1v) is 11.6. The normalized spacial score (nSPS) is 17.2. The number of rotatable bonds is 2. The van der Waals surface area contributed by atoms with Crippen molar-refractivity contribution >= 4 is 23.1 Å². The smallest absolute Gasteiger partial charge is 0.271 e. The zero-order valence-electron chi connectivity index (χ0n) is 17.5. The Morgan fingerprint density at radius 3 is 2.70 bits per heavy atom. The highest BCUT2D eigenvalue weighted by Gasteiger charge is 2.32. The van der Waals surface area contributed by atoms with Crippen molar-refractivity contribution in [1.82, 2.24) is 4.57 Å². The second-order valence-corrected chi connectivity index (χ2v) is 9.24. The predicted octanol–water partition coefficient (Wildman–Crippen LogP) is 4.16. The molecule has 2 aliphatic rings. The monoisotopic (exact) mass is 454 g/mol. The topological polar surface area (TPSA) is 54.6 Å². The number of benzene rings is 3. The maximum atomic E-state index is 14.2. The lowest BCUT2D eigenvalue weighted by Crippen LogP contribution is -2.38. The highest BCUT2D eigenvalue weighted by molar-refractivity contribution is 7.07. The average molecular weight is 455 g/mol. The minimum absolute atomic E-state index is 0.109. The van der Waals surface area contributed by atoms with Crippen LogP contribution in [0.5, 0.6) is 5.75 Å². The first kappa shape index (κ1) is 19.9. The summed E-state index contributed by atoms with van der Waals surface area (Å²) < 4.78 is 16.4. The molecule has 1 aromatic heterocycles. The molecule has 6 heteroatoms. The molecule has 0 saturated heterocycles. The SMILES string of the molecule is O=c1c(=Cc2ccccc2O)sc2n1C(c1cccc(F)c1)C1=C(N=2)c2ccccc2CC1. The fourth-order valence-electron chi connectivity index (χ4n) is 4.75. The van der Waals surface area contributed by atoms with Gasteiger partial charge in [0.05, 0.1) is 16.3 Å². The first-order chi connectivity index (χ1) is 16.1. The second-order valence-electron chi connectivity index (χ2n) is 8.23. The Kier molecular flexibility index (Phi) is 4.62. The number of aryl methyl sites for hydroxylation is 1. The van der Waals surface area contributed by atoms with Gasteiger partial charge in [-0.2, -0.15) is 0 Å². The van der Waals surface area contributed by atoms with Crippen molar-refractivity contribution < 1.29 is 9.50 Å². The number of aromatic nitrogens is 1.